The average Bonchev–Trinajstić information content (AvgIpc) is 2.71. The Labute approximate surface area is 231 Å². The molecule has 2 aromatic carbocycles. The van der Waals surface area contributed by atoms with Crippen LogP contribution in [-0.2, 0) is 24.9 Å². The van der Waals surface area contributed by atoms with Crippen LogP contribution in [0.3, 0.4) is 0 Å². The Morgan fingerprint density at radius 2 is 1.53 bits per heavy atom. The Kier molecular flexibility index (Phi) is 10.8. The summed E-state index contributed by atoms with van der Waals surface area (Å²) in [7, 11) is 0. The molecule has 0 bridgehead atoms. The maximum atomic E-state index is 11.5. The molecular weight excluding hydrogens is 623 g/mol. The van der Waals surface area contributed by atoms with Gasteiger partial charge in [-0.1, -0.05) is 93.0 Å². The van der Waals surface area contributed by atoms with E-state index in [9.17, 15) is 9.90 Å². The molecule has 1 aromatic heterocycles. The quantitative estimate of drug-likeness (QED) is 0.173. The van der Waals surface area contributed by atoms with E-state index in [1.165, 1.54) is 28.2 Å². The van der Waals surface area contributed by atoms with Crippen molar-refractivity contribution >= 4 is 16.7 Å². The normalized spacial score (nSPS) is 12.2. The van der Waals surface area contributed by atoms with Crippen molar-refractivity contribution in [3.05, 3.63) is 76.6 Å². The topological polar surface area (TPSA) is 50.2 Å². The van der Waals surface area contributed by atoms with Crippen LogP contribution in [0.25, 0.3) is 22.2 Å². The summed E-state index contributed by atoms with van der Waals surface area (Å²) in [6.07, 6.45) is 1.33. The predicted molar refractivity (Wildman–Crippen MR) is 149 cm³/mol. The van der Waals surface area contributed by atoms with E-state index in [4.69, 9.17) is 4.98 Å². The number of hydrogen-bond donors (Lipinski definition) is 1. The Bertz CT molecular complexity index is 1220. The molecule has 0 atom stereocenters. The molecule has 1 heterocycles. The van der Waals surface area contributed by atoms with E-state index in [0.29, 0.717) is 5.92 Å². The molecule has 0 fully saturated rings. The second-order valence-corrected chi connectivity index (χ2v) is 11.9. The van der Waals surface area contributed by atoms with Crippen molar-refractivity contribution in [1.29, 1.82) is 0 Å². The number of aromatic nitrogens is 1. The zero-order chi connectivity index (χ0) is 26.7. The molecule has 3 nitrogen and oxygen atoms in total. The van der Waals surface area contributed by atoms with Crippen molar-refractivity contribution in [2.75, 3.05) is 0 Å². The molecular formula is C32H42IrNO2-. The fourth-order valence-corrected chi connectivity index (χ4v) is 3.53. The molecule has 4 heteroatoms. The molecule has 197 valence electrons. The first-order chi connectivity index (χ1) is 16.0. The van der Waals surface area contributed by atoms with E-state index in [0.717, 1.165) is 22.3 Å². The van der Waals surface area contributed by atoms with Crippen LogP contribution in [0, 0.1) is 37.7 Å². The summed E-state index contributed by atoms with van der Waals surface area (Å²) in [5.74, 6) is 0.537. The summed E-state index contributed by atoms with van der Waals surface area (Å²) >= 11 is 0. The number of benzene rings is 2. The van der Waals surface area contributed by atoms with E-state index in [2.05, 4.69) is 77.1 Å². The first-order valence-corrected chi connectivity index (χ1v) is 12.4. The van der Waals surface area contributed by atoms with E-state index >= 15 is 0 Å². The summed E-state index contributed by atoms with van der Waals surface area (Å²) < 4.78 is 0. The maximum Gasteiger partial charge on any atom is 0.164 e. The van der Waals surface area contributed by atoms with Crippen LogP contribution in [0.15, 0.2) is 48.2 Å². The van der Waals surface area contributed by atoms with Gasteiger partial charge in [0.25, 0.3) is 0 Å². The van der Waals surface area contributed by atoms with E-state index in [-0.39, 0.29) is 37.1 Å². The number of carbonyl (C=O) groups excluding carboxylic acids is 1. The fourth-order valence-electron chi connectivity index (χ4n) is 3.53. The zero-order valence-corrected chi connectivity index (χ0v) is 26.1. The van der Waals surface area contributed by atoms with Crippen LogP contribution >= 0.6 is 0 Å². The minimum absolute atomic E-state index is 0. The van der Waals surface area contributed by atoms with Gasteiger partial charge in [-0.05, 0) is 35.6 Å². The standard InChI is InChI=1S/C21H22N.C11H20O2.Ir/c1-13(2)19-12-17-7-6-14(3)11-20(17)22-21(19)18-9-15(4)8-16(5)10-18;1-10(2,3)8(12)7-9(13)11(4,5)6;/h6-9,11-13H,1-5H3;7,12H,1-6H3;/q-1;;/b;8-7-;. The van der Waals surface area contributed by atoms with Crippen molar-refractivity contribution in [1.82, 2.24) is 4.98 Å². The molecule has 3 aromatic rings. The van der Waals surface area contributed by atoms with Gasteiger partial charge in [0.1, 0.15) is 5.76 Å². The van der Waals surface area contributed by atoms with Crippen LogP contribution in [-0.4, -0.2) is 15.9 Å². The number of aryl methyl sites for hydroxylation is 3. The largest absolute Gasteiger partial charge is 0.512 e. The molecule has 0 unspecified atom stereocenters. The van der Waals surface area contributed by atoms with Crippen LogP contribution < -0.4 is 0 Å². The first kappa shape index (κ1) is 31.7. The second kappa shape index (κ2) is 12.3. The number of ketones is 1. The van der Waals surface area contributed by atoms with E-state index < -0.39 is 5.41 Å². The molecule has 0 amide bonds. The van der Waals surface area contributed by atoms with Gasteiger partial charge < -0.3 is 5.11 Å². The molecule has 0 aliphatic rings. The van der Waals surface area contributed by atoms with E-state index in [1.807, 2.05) is 41.5 Å². The number of aliphatic hydroxyl groups is 1. The summed E-state index contributed by atoms with van der Waals surface area (Å²) in [4.78, 5) is 16.5. The molecule has 0 saturated carbocycles. The van der Waals surface area contributed by atoms with Crippen LogP contribution in [0.2, 0.25) is 0 Å². The number of fused-ring (bicyclic) bond motifs is 1. The summed E-state index contributed by atoms with van der Waals surface area (Å²) in [6, 6.07) is 16.6. The minimum atomic E-state index is -0.417. The first-order valence-electron chi connectivity index (χ1n) is 12.4. The van der Waals surface area contributed by atoms with Crippen molar-refractivity contribution in [3.8, 4) is 11.3 Å². The Morgan fingerprint density at radius 3 is 2.03 bits per heavy atom. The van der Waals surface area contributed by atoms with Gasteiger partial charge in [-0.3, -0.25) is 9.78 Å². The van der Waals surface area contributed by atoms with Gasteiger partial charge in [0.05, 0.1) is 5.52 Å². The smallest absolute Gasteiger partial charge is 0.164 e. The molecule has 36 heavy (non-hydrogen) atoms. The Balaban J connectivity index is 0.000000402. The van der Waals surface area contributed by atoms with Crippen LogP contribution in [0.5, 0.6) is 0 Å². The molecule has 0 aliphatic heterocycles. The fraction of sp³-hybridized carbons (Fsp3) is 0.438. The third-order valence-corrected chi connectivity index (χ3v) is 5.80. The van der Waals surface area contributed by atoms with Gasteiger partial charge in [0.2, 0.25) is 0 Å². The number of rotatable bonds is 3. The van der Waals surface area contributed by atoms with E-state index in [1.54, 1.807) is 0 Å². The number of hydrogen-bond acceptors (Lipinski definition) is 3. The van der Waals surface area contributed by atoms with Gasteiger partial charge in [-0.15, -0.1) is 34.9 Å². The van der Waals surface area contributed by atoms with Crippen molar-refractivity contribution in [3.63, 3.8) is 0 Å². The van der Waals surface area contributed by atoms with Crippen molar-refractivity contribution < 1.29 is 30.0 Å². The number of allylic oxidation sites excluding steroid dienone is 2. The SMILES string of the molecule is CC(C)(C)C(=O)/C=C(\O)C(C)(C)C.Cc1[c-]c(-c2nc3cc(C)ccc3cc2C(C)C)cc(C)c1.[Ir]. The maximum absolute atomic E-state index is 11.5. The monoisotopic (exact) mass is 665 g/mol. The number of carbonyl (C=O) groups is 1. The molecule has 0 aliphatic carbocycles. The molecule has 1 N–H and O–H groups in total. The van der Waals surface area contributed by atoms with Crippen molar-refractivity contribution in [2.45, 2.75) is 82.1 Å². The van der Waals surface area contributed by atoms with Crippen LogP contribution in [0.4, 0.5) is 0 Å². The molecule has 1 radical (unpaired) electrons. The predicted octanol–water partition coefficient (Wildman–Crippen LogP) is 8.84. The zero-order valence-electron chi connectivity index (χ0n) is 23.8. The van der Waals surface area contributed by atoms with Crippen molar-refractivity contribution in [2.24, 2.45) is 10.8 Å². The van der Waals surface area contributed by atoms with Gasteiger partial charge in [0.15, 0.2) is 5.78 Å². The summed E-state index contributed by atoms with van der Waals surface area (Å²) in [5, 5.41) is 10.8. The third kappa shape index (κ3) is 8.68. The minimum Gasteiger partial charge on any atom is -0.512 e. The van der Waals surface area contributed by atoms with Gasteiger partial charge in [-0.2, -0.15) is 0 Å². The van der Waals surface area contributed by atoms with Gasteiger partial charge in [0, 0.05) is 37.0 Å². The van der Waals surface area contributed by atoms with Crippen LogP contribution in [0.1, 0.15) is 83.6 Å². The molecule has 0 spiro atoms. The van der Waals surface area contributed by atoms with Gasteiger partial charge in [-0.25, -0.2) is 0 Å². The second-order valence-electron chi connectivity index (χ2n) is 11.9. The Hall–Kier alpha value is -2.29. The third-order valence-electron chi connectivity index (χ3n) is 5.80. The molecule has 0 saturated heterocycles. The van der Waals surface area contributed by atoms with Gasteiger partial charge >= 0.3 is 0 Å². The Morgan fingerprint density at radius 1 is 0.917 bits per heavy atom. The summed E-state index contributed by atoms with van der Waals surface area (Å²) in [6.45, 7) is 21.9. The number of aliphatic hydroxyl groups excluding tert-OH is 1. The number of pyridine rings is 1. The summed E-state index contributed by atoms with van der Waals surface area (Å²) in [5.41, 5.74) is 7.42. The average molecular weight is 665 g/mol. The molecule has 3 rings (SSSR count). The number of nitrogens with zero attached hydrogens (tertiary/aromatic N) is 1.